The summed E-state index contributed by atoms with van der Waals surface area (Å²) in [7, 11) is 0. The lowest BCUT2D eigenvalue weighted by molar-refractivity contribution is -0.129. The fraction of sp³-hybridized carbons (Fsp3) is 0.364. The van der Waals surface area contributed by atoms with E-state index in [9.17, 15) is 14.7 Å². The number of aromatic hydroxyl groups is 1. The third-order valence-corrected chi connectivity index (χ3v) is 5.06. The maximum Gasteiger partial charge on any atom is 0.242 e. The molecule has 6 heteroatoms. The molecule has 148 valence electrons. The Labute approximate surface area is 165 Å². The van der Waals surface area contributed by atoms with E-state index in [1.807, 2.05) is 31.2 Å². The van der Waals surface area contributed by atoms with Crippen molar-refractivity contribution in [3.63, 3.8) is 0 Å². The Morgan fingerprint density at radius 2 is 1.96 bits per heavy atom. The van der Waals surface area contributed by atoms with Gasteiger partial charge in [-0.3, -0.25) is 9.59 Å². The molecule has 4 N–H and O–H groups in total. The SMILES string of the molecule is Cc1cc(O)cc(CNC(=O)[C@H](C)NC(=O)[C@H]2C[C@H](c3ccccc3)CN2)c1. The highest BCUT2D eigenvalue weighted by atomic mass is 16.3. The van der Waals surface area contributed by atoms with Gasteiger partial charge in [0.05, 0.1) is 6.04 Å². The van der Waals surface area contributed by atoms with Crippen LogP contribution in [0.15, 0.2) is 48.5 Å². The zero-order valence-corrected chi connectivity index (χ0v) is 16.2. The number of benzene rings is 2. The van der Waals surface area contributed by atoms with E-state index in [0.717, 1.165) is 17.7 Å². The minimum Gasteiger partial charge on any atom is -0.508 e. The van der Waals surface area contributed by atoms with Crippen LogP contribution in [0.2, 0.25) is 0 Å². The predicted octanol–water partition coefficient (Wildman–Crippen LogP) is 1.97. The molecule has 0 saturated carbocycles. The minimum atomic E-state index is -0.636. The van der Waals surface area contributed by atoms with Gasteiger partial charge < -0.3 is 21.1 Å². The van der Waals surface area contributed by atoms with Crippen molar-refractivity contribution >= 4 is 11.8 Å². The Morgan fingerprint density at radius 1 is 1.21 bits per heavy atom. The molecular formula is C22H27N3O3. The Kier molecular flexibility index (Phi) is 6.31. The third kappa shape index (κ3) is 5.10. The number of amides is 2. The Bertz CT molecular complexity index is 818. The van der Waals surface area contributed by atoms with Crippen LogP contribution in [0.5, 0.6) is 5.75 Å². The van der Waals surface area contributed by atoms with Crippen LogP contribution in [0.3, 0.4) is 0 Å². The van der Waals surface area contributed by atoms with E-state index in [4.69, 9.17) is 0 Å². The van der Waals surface area contributed by atoms with Crippen LogP contribution in [0.1, 0.15) is 36.0 Å². The Hall–Kier alpha value is -2.86. The van der Waals surface area contributed by atoms with E-state index in [1.54, 1.807) is 19.1 Å². The number of rotatable bonds is 6. The van der Waals surface area contributed by atoms with Crippen molar-refractivity contribution in [2.75, 3.05) is 6.54 Å². The van der Waals surface area contributed by atoms with Crippen LogP contribution in [-0.2, 0) is 16.1 Å². The zero-order chi connectivity index (χ0) is 20.1. The summed E-state index contributed by atoms with van der Waals surface area (Å²) in [4.78, 5) is 24.8. The van der Waals surface area contributed by atoms with Gasteiger partial charge in [0, 0.05) is 13.1 Å². The van der Waals surface area contributed by atoms with E-state index in [-0.39, 0.29) is 23.6 Å². The molecule has 2 aromatic rings. The third-order valence-electron chi connectivity index (χ3n) is 5.06. The van der Waals surface area contributed by atoms with E-state index in [2.05, 4.69) is 28.1 Å². The summed E-state index contributed by atoms with van der Waals surface area (Å²) in [5.41, 5.74) is 2.95. The first kappa shape index (κ1) is 19.9. The zero-order valence-electron chi connectivity index (χ0n) is 16.2. The van der Waals surface area contributed by atoms with E-state index in [1.165, 1.54) is 5.56 Å². The molecule has 3 atom stereocenters. The second kappa shape index (κ2) is 8.89. The molecule has 0 bridgehead atoms. The highest BCUT2D eigenvalue weighted by Crippen LogP contribution is 2.25. The maximum absolute atomic E-state index is 12.5. The number of phenols is 1. The smallest absolute Gasteiger partial charge is 0.242 e. The van der Waals surface area contributed by atoms with E-state index < -0.39 is 6.04 Å². The van der Waals surface area contributed by atoms with Gasteiger partial charge in [-0.25, -0.2) is 0 Å². The molecule has 0 unspecified atom stereocenters. The summed E-state index contributed by atoms with van der Waals surface area (Å²) in [6.45, 7) is 4.60. The first-order chi connectivity index (χ1) is 13.4. The van der Waals surface area contributed by atoms with Crippen molar-refractivity contribution in [1.82, 2.24) is 16.0 Å². The average molecular weight is 381 g/mol. The highest BCUT2D eigenvalue weighted by molar-refractivity contribution is 5.89. The lowest BCUT2D eigenvalue weighted by Crippen LogP contribution is -2.49. The van der Waals surface area contributed by atoms with Crippen LogP contribution in [0.4, 0.5) is 0 Å². The molecule has 2 amide bonds. The predicted molar refractivity (Wildman–Crippen MR) is 108 cm³/mol. The van der Waals surface area contributed by atoms with Gasteiger partial charge in [0.15, 0.2) is 0 Å². The number of hydrogen-bond acceptors (Lipinski definition) is 4. The average Bonchev–Trinajstić information content (AvgIpc) is 3.16. The molecule has 6 nitrogen and oxygen atoms in total. The van der Waals surface area contributed by atoms with Crippen molar-refractivity contribution in [1.29, 1.82) is 0 Å². The topological polar surface area (TPSA) is 90.5 Å². The number of carbonyl (C=O) groups is 2. The fourth-order valence-corrected chi connectivity index (χ4v) is 3.58. The van der Waals surface area contributed by atoms with Crippen molar-refractivity contribution in [3.8, 4) is 5.75 Å². The summed E-state index contributed by atoms with van der Waals surface area (Å²) < 4.78 is 0. The largest absolute Gasteiger partial charge is 0.508 e. The second-order valence-corrected chi connectivity index (χ2v) is 7.43. The minimum absolute atomic E-state index is 0.158. The lowest BCUT2D eigenvalue weighted by atomic mass is 9.96. The number of hydrogen-bond donors (Lipinski definition) is 4. The summed E-state index contributed by atoms with van der Waals surface area (Å²) in [5.74, 6) is 0.0576. The monoisotopic (exact) mass is 381 g/mol. The first-order valence-electron chi connectivity index (χ1n) is 9.58. The van der Waals surface area contributed by atoms with Crippen molar-refractivity contribution in [2.45, 2.75) is 44.8 Å². The maximum atomic E-state index is 12.5. The van der Waals surface area contributed by atoms with Gasteiger partial charge in [0.2, 0.25) is 11.8 Å². The molecule has 1 aliphatic heterocycles. The molecule has 0 spiro atoms. The van der Waals surface area contributed by atoms with Gasteiger partial charge in [-0.1, -0.05) is 36.4 Å². The number of carbonyl (C=O) groups excluding carboxylic acids is 2. The van der Waals surface area contributed by atoms with Gasteiger partial charge in [0.25, 0.3) is 0 Å². The molecule has 0 aliphatic carbocycles. The van der Waals surface area contributed by atoms with Crippen LogP contribution < -0.4 is 16.0 Å². The molecule has 3 rings (SSSR count). The quantitative estimate of drug-likeness (QED) is 0.616. The van der Waals surface area contributed by atoms with Gasteiger partial charge >= 0.3 is 0 Å². The molecule has 28 heavy (non-hydrogen) atoms. The second-order valence-electron chi connectivity index (χ2n) is 7.43. The number of nitrogens with one attached hydrogen (secondary N) is 3. The van der Waals surface area contributed by atoms with Crippen LogP contribution >= 0.6 is 0 Å². The molecule has 0 radical (unpaired) electrons. The molecule has 1 aliphatic rings. The molecule has 1 heterocycles. The molecule has 2 aromatic carbocycles. The Balaban J connectivity index is 1.48. The van der Waals surface area contributed by atoms with E-state index >= 15 is 0 Å². The van der Waals surface area contributed by atoms with Gasteiger partial charge in [-0.15, -0.1) is 0 Å². The fourth-order valence-electron chi connectivity index (χ4n) is 3.58. The summed E-state index contributed by atoms with van der Waals surface area (Å²) >= 11 is 0. The van der Waals surface area contributed by atoms with Crippen LogP contribution in [0.25, 0.3) is 0 Å². The summed E-state index contributed by atoms with van der Waals surface area (Å²) in [6, 6.07) is 14.4. The van der Waals surface area contributed by atoms with Gasteiger partial charge in [0.1, 0.15) is 11.8 Å². The summed E-state index contributed by atoms with van der Waals surface area (Å²) in [6.07, 6.45) is 0.715. The number of aryl methyl sites for hydroxylation is 1. The van der Waals surface area contributed by atoms with Gasteiger partial charge in [-0.2, -0.15) is 0 Å². The van der Waals surface area contributed by atoms with Gasteiger partial charge in [-0.05, 0) is 55.0 Å². The molecule has 0 aromatic heterocycles. The Morgan fingerprint density at radius 3 is 2.68 bits per heavy atom. The van der Waals surface area contributed by atoms with Crippen molar-refractivity contribution < 1.29 is 14.7 Å². The van der Waals surface area contributed by atoms with Crippen LogP contribution in [0, 0.1) is 6.92 Å². The summed E-state index contributed by atoms with van der Waals surface area (Å²) in [5, 5.41) is 18.5. The van der Waals surface area contributed by atoms with Crippen molar-refractivity contribution in [3.05, 3.63) is 65.2 Å². The van der Waals surface area contributed by atoms with Crippen LogP contribution in [-0.4, -0.2) is 35.5 Å². The highest BCUT2D eigenvalue weighted by Gasteiger charge is 2.31. The molecule has 1 saturated heterocycles. The first-order valence-corrected chi connectivity index (χ1v) is 9.58. The molecular weight excluding hydrogens is 354 g/mol. The van der Waals surface area contributed by atoms with E-state index in [0.29, 0.717) is 18.9 Å². The molecule has 1 fully saturated rings. The number of phenolic OH excluding ortho intramolecular Hbond substituents is 1. The normalized spacial score (nSPS) is 19.8. The van der Waals surface area contributed by atoms with Crippen molar-refractivity contribution in [2.24, 2.45) is 0 Å². The lowest BCUT2D eigenvalue weighted by Gasteiger charge is -2.17. The standard InChI is InChI=1S/C22H27N3O3/c1-14-8-16(10-19(26)9-14)12-24-21(27)15(2)25-22(28)20-11-18(13-23-20)17-6-4-3-5-7-17/h3-10,15,18,20,23,26H,11-13H2,1-2H3,(H,24,27)(H,25,28)/t15-,18-,20+/m0/s1.